The van der Waals surface area contributed by atoms with E-state index in [2.05, 4.69) is 0 Å². The Morgan fingerprint density at radius 2 is 1.85 bits per heavy atom. The molecule has 1 aliphatic heterocycles. The largest absolute Gasteiger partial charge is 0.493 e. The predicted octanol–water partition coefficient (Wildman–Crippen LogP) is 5.73. The van der Waals surface area contributed by atoms with Crippen molar-refractivity contribution in [3.05, 3.63) is 98.7 Å². The smallest absolute Gasteiger partial charge is 0.270 e. The van der Waals surface area contributed by atoms with Crippen molar-refractivity contribution in [2.75, 3.05) is 12.0 Å². The Labute approximate surface area is 203 Å². The van der Waals surface area contributed by atoms with E-state index in [-0.39, 0.29) is 24.0 Å². The molecule has 1 aliphatic rings. The number of thioether (sulfide) groups is 1. The van der Waals surface area contributed by atoms with Gasteiger partial charge in [-0.05, 0) is 42.0 Å². The number of carbonyl (C=O) groups is 1. The lowest BCUT2D eigenvalue weighted by molar-refractivity contribution is -0.384. The van der Waals surface area contributed by atoms with Crippen LogP contribution >= 0.6 is 24.0 Å². The van der Waals surface area contributed by atoms with Crippen LogP contribution in [0.1, 0.15) is 11.1 Å². The number of ether oxygens (including phenoxy) is 2. The highest BCUT2D eigenvalue weighted by Crippen LogP contribution is 2.37. The van der Waals surface area contributed by atoms with Gasteiger partial charge < -0.3 is 9.47 Å². The summed E-state index contributed by atoms with van der Waals surface area (Å²) in [5, 5.41) is 10.9. The molecule has 0 unspecified atom stereocenters. The SMILES string of the molecule is COc1cc(/C=C2/SC(=S)N(c3ccc([N+](=O)[O-])cc3)C2=O)ccc1OCc1ccccc1F. The Morgan fingerprint density at radius 3 is 2.53 bits per heavy atom. The van der Waals surface area contributed by atoms with E-state index in [1.54, 1.807) is 42.5 Å². The van der Waals surface area contributed by atoms with E-state index in [4.69, 9.17) is 21.7 Å². The summed E-state index contributed by atoms with van der Waals surface area (Å²) in [5.41, 5.74) is 1.47. The molecular weight excluding hydrogens is 479 g/mol. The molecule has 0 aromatic heterocycles. The van der Waals surface area contributed by atoms with Crippen LogP contribution < -0.4 is 14.4 Å². The second-order valence-electron chi connectivity index (χ2n) is 7.08. The highest BCUT2D eigenvalue weighted by molar-refractivity contribution is 8.27. The summed E-state index contributed by atoms with van der Waals surface area (Å²) < 4.78 is 25.3. The molecule has 0 atom stereocenters. The van der Waals surface area contributed by atoms with Gasteiger partial charge in [-0.25, -0.2) is 4.39 Å². The Kier molecular flexibility index (Phi) is 6.90. The Bertz CT molecular complexity index is 1310. The standard InChI is InChI=1S/C24H17FN2O5S2/c1-31-21-12-15(6-11-20(21)32-14-16-4-2-3-5-19(16)25)13-22-23(28)26(24(33)34-22)17-7-9-18(10-8-17)27(29)30/h2-13H,14H2,1H3/b22-13+. The molecule has 0 N–H and O–H groups in total. The maximum Gasteiger partial charge on any atom is 0.270 e. The van der Waals surface area contributed by atoms with Gasteiger partial charge in [-0.1, -0.05) is 48.2 Å². The van der Waals surface area contributed by atoms with Crippen molar-refractivity contribution in [1.82, 2.24) is 0 Å². The molecule has 1 fully saturated rings. The summed E-state index contributed by atoms with van der Waals surface area (Å²) in [4.78, 5) is 25.1. The molecule has 10 heteroatoms. The van der Waals surface area contributed by atoms with E-state index in [0.29, 0.717) is 37.5 Å². The normalized spacial score (nSPS) is 14.5. The summed E-state index contributed by atoms with van der Waals surface area (Å²) in [6.07, 6.45) is 1.67. The fourth-order valence-electron chi connectivity index (χ4n) is 3.23. The molecular formula is C24H17FN2O5S2. The first kappa shape index (κ1) is 23.4. The number of benzene rings is 3. The molecule has 0 radical (unpaired) electrons. The van der Waals surface area contributed by atoms with Gasteiger partial charge in [0.05, 0.1) is 22.6 Å². The molecule has 0 saturated carbocycles. The molecule has 1 amide bonds. The molecule has 0 aliphatic carbocycles. The van der Waals surface area contributed by atoms with Crippen molar-refractivity contribution in [3.63, 3.8) is 0 Å². The van der Waals surface area contributed by atoms with Gasteiger partial charge in [0, 0.05) is 17.7 Å². The van der Waals surface area contributed by atoms with Crippen LogP contribution in [0.15, 0.2) is 71.6 Å². The maximum absolute atomic E-state index is 13.8. The van der Waals surface area contributed by atoms with Crippen LogP contribution in [-0.4, -0.2) is 22.3 Å². The summed E-state index contributed by atoms with van der Waals surface area (Å²) in [6, 6.07) is 17.1. The average Bonchev–Trinajstić information content (AvgIpc) is 3.11. The molecule has 1 saturated heterocycles. The van der Waals surface area contributed by atoms with Crippen LogP contribution in [0.2, 0.25) is 0 Å². The van der Waals surface area contributed by atoms with E-state index in [0.717, 1.165) is 11.8 Å². The molecule has 0 spiro atoms. The summed E-state index contributed by atoms with van der Waals surface area (Å²) in [6.45, 7) is 0.0380. The molecule has 7 nitrogen and oxygen atoms in total. The zero-order valence-electron chi connectivity index (χ0n) is 17.8. The maximum atomic E-state index is 13.8. The van der Waals surface area contributed by atoms with Crippen LogP contribution in [0.25, 0.3) is 6.08 Å². The first-order valence-corrected chi connectivity index (χ1v) is 11.2. The van der Waals surface area contributed by atoms with Gasteiger partial charge >= 0.3 is 0 Å². The minimum atomic E-state index is -0.509. The summed E-state index contributed by atoms with van der Waals surface area (Å²) >= 11 is 6.49. The van der Waals surface area contributed by atoms with Crippen molar-refractivity contribution < 1.29 is 23.6 Å². The summed E-state index contributed by atoms with van der Waals surface area (Å²) in [7, 11) is 1.49. The Hall–Kier alpha value is -3.76. The van der Waals surface area contributed by atoms with Crippen molar-refractivity contribution >= 4 is 51.7 Å². The number of methoxy groups -OCH3 is 1. The lowest BCUT2D eigenvalue weighted by Gasteiger charge is -2.14. The zero-order chi connectivity index (χ0) is 24.2. The van der Waals surface area contributed by atoms with E-state index in [1.807, 2.05) is 0 Å². The molecule has 172 valence electrons. The lowest BCUT2D eigenvalue weighted by atomic mass is 10.1. The topological polar surface area (TPSA) is 81.9 Å². The van der Waals surface area contributed by atoms with E-state index in [1.165, 1.54) is 42.3 Å². The minimum absolute atomic E-state index is 0.0380. The number of thiocarbonyl (C=S) groups is 1. The lowest BCUT2D eigenvalue weighted by Crippen LogP contribution is -2.27. The first-order chi connectivity index (χ1) is 16.4. The number of halogens is 1. The van der Waals surface area contributed by atoms with Crippen molar-refractivity contribution in [2.45, 2.75) is 6.61 Å². The number of carbonyl (C=O) groups excluding carboxylic acids is 1. The number of amides is 1. The molecule has 34 heavy (non-hydrogen) atoms. The first-order valence-electron chi connectivity index (χ1n) is 9.94. The van der Waals surface area contributed by atoms with Crippen molar-refractivity contribution in [1.29, 1.82) is 0 Å². The number of hydrogen-bond acceptors (Lipinski definition) is 7. The third-order valence-corrected chi connectivity index (χ3v) is 6.24. The van der Waals surface area contributed by atoms with Gasteiger partial charge in [-0.3, -0.25) is 19.8 Å². The van der Waals surface area contributed by atoms with Gasteiger partial charge in [-0.15, -0.1) is 0 Å². The second kappa shape index (κ2) is 10.0. The Balaban J connectivity index is 1.53. The number of non-ortho nitro benzene ring substituents is 1. The quantitative estimate of drug-likeness (QED) is 0.179. The number of nitrogens with zero attached hydrogens (tertiary/aromatic N) is 2. The second-order valence-corrected chi connectivity index (χ2v) is 8.76. The monoisotopic (exact) mass is 496 g/mol. The van der Waals surface area contributed by atoms with Gasteiger partial charge in [0.25, 0.3) is 11.6 Å². The predicted molar refractivity (Wildman–Crippen MR) is 132 cm³/mol. The minimum Gasteiger partial charge on any atom is -0.493 e. The number of nitro groups is 1. The van der Waals surface area contributed by atoms with Crippen LogP contribution in [0.5, 0.6) is 11.5 Å². The van der Waals surface area contributed by atoms with E-state index < -0.39 is 4.92 Å². The average molecular weight is 497 g/mol. The molecule has 3 aromatic carbocycles. The van der Waals surface area contributed by atoms with Gasteiger partial charge in [0.1, 0.15) is 12.4 Å². The van der Waals surface area contributed by atoms with Crippen LogP contribution in [0.4, 0.5) is 15.8 Å². The third kappa shape index (κ3) is 4.92. The van der Waals surface area contributed by atoms with Crippen molar-refractivity contribution in [3.8, 4) is 11.5 Å². The number of rotatable bonds is 7. The molecule has 0 bridgehead atoms. The van der Waals surface area contributed by atoms with Crippen LogP contribution in [0.3, 0.4) is 0 Å². The molecule has 4 rings (SSSR count). The summed E-state index contributed by atoms with van der Waals surface area (Å²) in [5.74, 6) is 0.174. The van der Waals surface area contributed by atoms with Gasteiger partial charge in [-0.2, -0.15) is 0 Å². The third-order valence-electron chi connectivity index (χ3n) is 4.94. The number of anilines is 1. The fraction of sp³-hybridized carbons (Fsp3) is 0.0833. The number of hydrogen-bond donors (Lipinski definition) is 0. The highest BCUT2D eigenvalue weighted by Gasteiger charge is 2.33. The zero-order valence-corrected chi connectivity index (χ0v) is 19.4. The van der Waals surface area contributed by atoms with Crippen molar-refractivity contribution in [2.24, 2.45) is 0 Å². The van der Waals surface area contributed by atoms with Crippen LogP contribution in [0, 0.1) is 15.9 Å². The highest BCUT2D eigenvalue weighted by atomic mass is 32.2. The van der Waals surface area contributed by atoms with Gasteiger partial charge in [0.15, 0.2) is 15.8 Å². The fourth-order valence-corrected chi connectivity index (χ4v) is 4.53. The van der Waals surface area contributed by atoms with E-state index in [9.17, 15) is 19.3 Å². The van der Waals surface area contributed by atoms with E-state index >= 15 is 0 Å². The molecule has 1 heterocycles. The number of nitro benzene ring substituents is 1. The molecule has 3 aromatic rings. The van der Waals surface area contributed by atoms with Gasteiger partial charge in [0.2, 0.25) is 0 Å². The Morgan fingerprint density at radius 1 is 1.12 bits per heavy atom. The van der Waals surface area contributed by atoms with Crippen LogP contribution in [-0.2, 0) is 11.4 Å².